The van der Waals surface area contributed by atoms with E-state index in [0.717, 1.165) is 34.7 Å². The number of nitrogens with two attached hydrogens (primary N) is 1. The number of hydrogen-bond donors (Lipinski definition) is 1. The van der Waals surface area contributed by atoms with Gasteiger partial charge in [0, 0.05) is 23.8 Å². The monoisotopic (exact) mass is 263 g/mol. The van der Waals surface area contributed by atoms with Crippen LogP contribution in [0.5, 0.6) is 0 Å². The number of hydrogen-bond acceptors (Lipinski definition) is 2. The molecule has 0 spiro atoms. The average Bonchev–Trinajstić information content (AvgIpc) is 2.80. The fourth-order valence-corrected chi connectivity index (χ4v) is 2.09. The van der Waals surface area contributed by atoms with E-state index in [-0.39, 0.29) is 6.04 Å². The van der Waals surface area contributed by atoms with Crippen molar-refractivity contribution in [3.05, 3.63) is 52.3 Å². The third-order valence-electron chi connectivity index (χ3n) is 3.09. The summed E-state index contributed by atoms with van der Waals surface area (Å²) in [6.07, 6.45) is 4.69. The Morgan fingerprint density at radius 1 is 1.44 bits per heavy atom. The van der Waals surface area contributed by atoms with E-state index in [1.807, 2.05) is 42.2 Å². The maximum absolute atomic E-state index is 6.20. The molecule has 1 heterocycles. The predicted octanol–water partition coefficient (Wildman–Crippen LogP) is 3.11. The van der Waals surface area contributed by atoms with Gasteiger partial charge in [0.25, 0.3) is 0 Å². The van der Waals surface area contributed by atoms with E-state index in [4.69, 9.17) is 17.3 Å². The van der Waals surface area contributed by atoms with Crippen molar-refractivity contribution in [3.8, 4) is 0 Å². The van der Waals surface area contributed by atoms with Gasteiger partial charge in [-0.3, -0.25) is 4.68 Å². The van der Waals surface area contributed by atoms with Gasteiger partial charge in [0.2, 0.25) is 0 Å². The second-order valence-corrected chi connectivity index (χ2v) is 4.93. The molecule has 4 heteroatoms. The molecule has 0 radical (unpaired) electrons. The molecule has 96 valence electrons. The molecule has 0 aliphatic heterocycles. The molecule has 2 rings (SSSR count). The maximum Gasteiger partial charge on any atom is 0.0522 e. The summed E-state index contributed by atoms with van der Waals surface area (Å²) < 4.78 is 1.91. The van der Waals surface area contributed by atoms with Crippen LogP contribution in [0.3, 0.4) is 0 Å². The Morgan fingerprint density at radius 3 is 2.83 bits per heavy atom. The van der Waals surface area contributed by atoms with Crippen molar-refractivity contribution in [2.45, 2.75) is 32.9 Å². The van der Waals surface area contributed by atoms with Crippen LogP contribution >= 0.6 is 11.6 Å². The molecule has 0 bridgehead atoms. The SMILES string of the molecule is CCn1cc(CC(N)c2ccc(C)c(Cl)c2)cn1. The molecule has 18 heavy (non-hydrogen) atoms. The van der Waals surface area contributed by atoms with E-state index >= 15 is 0 Å². The standard InChI is InChI=1S/C14H18ClN3/c1-3-18-9-11(8-17-18)6-14(16)12-5-4-10(2)13(15)7-12/h4-5,7-9,14H,3,6,16H2,1-2H3. The molecule has 0 saturated carbocycles. The second kappa shape index (κ2) is 5.55. The topological polar surface area (TPSA) is 43.8 Å². The Hall–Kier alpha value is -1.32. The smallest absolute Gasteiger partial charge is 0.0522 e. The Balaban J connectivity index is 2.11. The molecule has 1 unspecified atom stereocenters. The number of aryl methyl sites for hydroxylation is 2. The zero-order valence-corrected chi connectivity index (χ0v) is 11.5. The summed E-state index contributed by atoms with van der Waals surface area (Å²) in [7, 11) is 0. The Labute approximate surface area is 113 Å². The summed E-state index contributed by atoms with van der Waals surface area (Å²) in [5.74, 6) is 0. The molecule has 0 aliphatic carbocycles. The van der Waals surface area contributed by atoms with Gasteiger partial charge in [-0.2, -0.15) is 5.10 Å². The van der Waals surface area contributed by atoms with Crippen molar-refractivity contribution in [2.75, 3.05) is 0 Å². The van der Waals surface area contributed by atoms with Gasteiger partial charge in [-0.1, -0.05) is 23.7 Å². The molecule has 0 fully saturated rings. The summed E-state index contributed by atoms with van der Waals surface area (Å²) in [6.45, 7) is 4.94. The Kier molecular flexibility index (Phi) is 4.04. The van der Waals surface area contributed by atoms with Gasteiger partial charge in [0.05, 0.1) is 6.20 Å². The molecule has 1 atom stereocenters. The summed E-state index contributed by atoms with van der Waals surface area (Å²) in [6, 6.07) is 5.95. The first-order chi connectivity index (χ1) is 8.60. The fourth-order valence-electron chi connectivity index (χ4n) is 1.90. The van der Waals surface area contributed by atoms with Crippen molar-refractivity contribution < 1.29 is 0 Å². The Morgan fingerprint density at radius 2 is 2.22 bits per heavy atom. The lowest BCUT2D eigenvalue weighted by Crippen LogP contribution is -2.13. The van der Waals surface area contributed by atoms with E-state index in [0.29, 0.717) is 0 Å². The summed E-state index contributed by atoms with van der Waals surface area (Å²) in [5.41, 5.74) is 9.49. The second-order valence-electron chi connectivity index (χ2n) is 4.52. The lowest BCUT2D eigenvalue weighted by Gasteiger charge is -2.12. The highest BCUT2D eigenvalue weighted by Gasteiger charge is 2.09. The maximum atomic E-state index is 6.20. The molecule has 3 nitrogen and oxygen atoms in total. The quantitative estimate of drug-likeness (QED) is 0.921. The van der Waals surface area contributed by atoms with Crippen LogP contribution in [-0.2, 0) is 13.0 Å². The minimum Gasteiger partial charge on any atom is -0.324 e. The van der Waals surface area contributed by atoms with E-state index in [1.54, 1.807) is 0 Å². The van der Waals surface area contributed by atoms with Gasteiger partial charge in [-0.25, -0.2) is 0 Å². The van der Waals surface area contributed by atoms with E-state index < -0.39 is 0 Å². The first-order valence-electron chi connectivity index (χ1n) is 6.13. The highest BCUT2D eigenvalue weighted by atomic mass is 35.5. The van der Waals surface area contributed by atoms with Gasteiger partial charge in [0.15, 0.2) is 0 Å². The minimum absolute atomic E-state index is 0.0439. The number of benzene rings is 1. The molecule has 0 saturated heterocycles. The van der Waals surface area contributed by atoms with Crippen LogP contribution in [0.4, 0.5) is 0 Å². The Bertz CT molecular complexity index is 534. The van der Waals surface area contributed by atoms with Gasteiger partial charge >= 0.3 is 0 Å². The van der Waals surface area contributed by atoms with E-state index in [9.17, 15) is 0 Å². The largest absolute Gasteiger partial charge is 0.324 e. The highest BCUT2D eigenvalue weighted by molar-refractivity contribution is 6.31. The van der Waals surface area contributed by atoms with Crippen molar-refractivity contribution >= 4 is 11.6 Å². The van der Waals surface area contributed by atoms with E-state index in [2.05, 4.69) is 12.0 Å². The van der Waals surface area contributed by atoms with E-state index in [1.165, 1.54) is 0 Å². The van der Waals surface area contributed by atoms with Crippen molar-refractivity contribution in [3.63, 3.8) is 0 Å². The lowest BCUT2D eigenvalue weighted by molar-refractivity contribution is 0.657. The van der Waals surface area contributed by atoms with Gasteiger partial charge in [-0.15, -0.1) is 0 Å². The van der Waals surface area contributed by atoms with Crippen molar-refractivity contribution in [2.24, 2.45) is 5.73 Å². The third-order valence-corrected chi connectivity index (χ3v) is 3.50. The van der Waals surface area contributed by atoms with Crippen molar-refractivity contribution in [1.29, 1.82) is 0 Å². The zero-order chi connectivity index (χ0) is 13.1. The van der Waals surface area contributed by atoms with Crippen LogP contribution in [0.1, 0.15) is 29.7 Å². The lowest BCUT2D eigenvalue weighted by atomic mass is 10.0. The van der Waals surface area contributed by atoms with Crippen LogP contribution in [0.2, 0.25) is 5.02 Å². The molecule has 0 aliphatic rings. The number of nitrogens with zero attached hydrogens (tertiary/aromatic N) is 2. The van der Waals surface area contributed by atoms with Crippen LogP contribution in [-0.4, -0.2) is 9.78 Å². The zero-order valence-electron chi connectivity index (χ0n) is 10.7. The van der Waals surface area contributed by atoms with Crippen molar-refractivity contribution in [1.82, 2.24) is 9.78 Å². The van der Waals surface area contributed by atoms with Gasteiger partial charge in [0.1, 0.15) is 0 Å². The van der Waals surface area contributed by atoms with Gasteiger partial charge in [-0.05, 0) is 43.0 Å². The molecular weight excluding hydrogens is 246 g/mol. The number of aromatic nitrogens is 2. The molecule has 1 aromatic heterocycles. The van der Waals surface area contributed by atoms with Crippen LogP contribution in [0.15, 0.2) is 30.6 Å². The molecule has 2 aromatic rings. The molecule has 0 amide bonds. The number of rotatable bonds is 4. The summed E-state index contributed by atoms with van der Waals surface area (Å²) in [4.78, 5) is 0. The predicted molar refractivity (Wildman–Crippen MR) is 74.7 cm³/mol. The normalized spacial score (nSPS) is 12.7. The van der Waals surface area contributed by atoms with Crippen LogP contribution < -0.4 is 5.73 Å². The summed E-state index contributed by atoms with van der Waals surface area (Å²) >= 11 is 6.12. The fraction of sp³-hybridized carbons (Fsp3) is 0.357. The first kappa shape index (κ1) is 13.1. The first-order valence-corrected chi connectivity index (χ1v) is 6.51. The average molecular weight is 264 g/mol. The third kappa shape index (κ3) is 2.92. The molecule has 2 N–H and O–H groups in total. The highest BCUT2D eigenvalue weighted by Crippen LogP contribution is 2.22. The van der Waals surface area contributed by atoms with Gasteiger partial charge < -0.3 is 5.73 Å². The van der Waals surface area contributed by atoms with Crippen LogP contribution in [0.25, 0.3) is 0 Å². The molecular formula is C14H18ClN3. The van der Waals surface area contributed by atoms with Crippen LogP contribution in [0, 0.1) is 6.92 Å². The molecule has 1 aromatic carbocycles. The summed E-state index contributed by atoms with van der Waals surface area (Å²) in [5, 5.41) is 5.02. The number of halogens is 1. The minimum atomic E-state index is -0.0439.